The molecule has 0 fully saturated rings. The van der Waals surface area contributed by atoms with Gasteiger partial charge in [0.05, 0.1) is 5.69 Å². The van der Waals surface area contributed by atoms with Gasteiger partial charge < -0.3 is 5.32 Å². The molecule has 172 valence electrons. The molecule has 0 saturated carbocycles. The van der Waals surface area contributed by atoms with Gasteiger partial charge in [-0.1, -0.05) is 103 Å². The molecule has 0 bridgehead atoms. The minimum absolute atomic E-state index is 0.00531. The molecule has 1 aromatic heterocycles. The molecule has 0 atom stereocenters. The summed E-state index contributed by atoms with van der Waals surface area (Å²) in [6, 6.07) is 38.6. The summed E-state index contributed by atoms with van der Waals surface area (Å²) in [5, 5.41) is 4.10. The number of nitrogens with zero attached hydrogens (tertiary/aromatic N) is 1. The van der Waals surface area contributed by atoms with Crippen molar-refractivity contribution in [1.82, 2.24) is 4.98 Å². The molecule has 1 amide bonds. The lowest BCUT2D eigenvalue weighted by Crippen LogP contribution is -2.16. The van der Waals surface area contributed by atoms with Gasteiger partial charge in [0, 0.05) is 34.0 Å². The first kappa shape index (κ1) is 22.8. The van der Waals surface area contributed by atoms with Crippen LogP contribution in [-0.2, 0) is 4.79 Å². The summed E-state index contributed by atoms with van der Waals surface area (Å²) in [5.41, 5.74) is 6.22. The van der Waals surface area contributed by atoms with Gasteiger partial charge in [0.1, 0.15) is 5.01 Å². The average molecular weight is 475 g/mol. The molecule has 4 heteroatoms. The number of benzene rings is 4. The molecule has 35 heavy (non-hydrogen) atoms. The number of nitrogens with one attached hydrogen (secondary N) is 1. The molecule has 5 rings (SSSR count). The first-order chi connectivity index (χ1) is 17.2. The number of hydrogen-bond acceptors (Lipinski definition) is 3. The third-order valence-electron chi connectivity index (χ3n) is 6.05. The molecule has 0 spiro atoms. The first-order valence-electron chi connectivity index (χ1n) is 11.7. The Balaban J connectivity index is 1.31. The van der Waals surface area contributed by atoms with E-state index in [4.69, 9.17) is 4.98 Å². The lowest BCUT2D eigenvalue weighted by Gasteiger charge is -2.18. The summed E-state index contributed by atoms with van der Waals surface area (Å²) in [4.78, 5) is 19.1. The van der Waals surface area contributed by atoms with Gasteiger partial charge in [0.15, 0.2) is 0 Å². The van der Waals surface area contributed by atoms with Crippen molar-refractivity contribution in [1.29, 1.82) is 0 Å². The topological polar surface area (TPSA) is 42.0 Å². The average Bonchev–Trinajstić information content (AvgIpc) is 3.31. The summed E-state index contributed by atoms with van der Waals surface area (Å²) in [6.07, 6.45) is 0.376. The lowest BCUT2D eigenvalue weighted by molar-refractivity contribution is -0.116. The number of aryl methyl sites for hydroxylation is 1. The Morgan fingerprint density at radius 3 is 1.86 bits per heavy atom. The zero-order chi connectivity index (χ0) is 24.0. The van der Waals surface area contributed by atoms with E-state index in [0.29, 0.717) is 6.42 Å². The quantitative estimate of drug-likeness (QED) is 0.260. The van der Waals surface area contributed by atoms with E-state index >= 15 is 0 Å². The van der Waals surface area contributed by atoms with E-state index in [1.165, 1.54) is 4.88 Å². The highest BCUT2D eigenvalue weighted by Crippen LogP contribution is 2.34. The van der Waals surface area contributed by atoms with Crippen LogP contribution in [0.3, 0.4) is 0 Å². The normalized spacial score (nSPS) is 10.9. The van der Waals surface area contributed by atoms with Crippen LogP contribution in [0, 0.1) is 6.92 Å². The lowest BCUT2D eigenvalue weighted by atomic mass is 9.88. The van der Waals surface area contributed by atoms with Gasteiger partial charge in [0.2, 0.25) is 5.91 Å². The number of thiazole rings is 1. The highest BCUT2D eigenvalue weighted by atomic mass is 32.1. The summed E-state index contributed by atoms with van der Waals surface area (Å²) in [5.74, 6) is -0.00241. The predicted molar refractivity (Wildman–Crippen MR) is 146 cm³/mol. The third-order valence-corrected chi connectivity index (χ3v) is 7.07. The Hall–Kier alpha value is -4.02. The molecular weight excluding hydrogens is 448 g/mol. The Kier molecular flexibility index (Phi) is 6.82. The number of hydrogen-bond donors (Lipinski definition) is 1. The van der Waals surface area contributed by atoms with Gasteiger partial charge in [-0.25, -0.2) is 4.98 Å². The van der Waals surface area contributed by atoms with Crippen molar-refractivity contribution < 1.29 is 4.79 Å². The molecule has 1 N–H and O–H groups in total. The number of aromatic nitrogens is 1. The van der Waals surface area contributed by atoms with Gasteiger partial charge in [0.25, 0.3) is 0 Å². The van der Waals surface area contributed by atoms with Crippen LogP contribution in [0.2, 0.25) is 0 Å². The number of carbonyl (C=O) groups excluding carboxylic acids is 1. The van der Waals surface area contributed by atoms with Gasteiger partial charge in [-0.15, -0.1) is 11.3 Å². The molecule has 4 aromatic carbocycles. The summed E-state index contributed by atoms with van der Waals surface area (Å²) in [7, 11) is 0. The summed E-state index contributed by atoms with van der Waals surface area (Å²) in [6.45, 7) is 2.10. The zero-order valence-corrected chi connectivity index (χ0v) is 20.3. The maximum atomic E-state index is 13.0. The predicted octanol–water partition coefficient (Wildman–Crippen LogP) is 7.95. The van der Waals surface area contributed by atoms with Crippen molar-refractivity contribution in [2.24, 2.45) is 0 Å². The van der Waals surface area contributed by atoms with Crippen LogP contribution in [0.4, 0.5) is 5.69 Å². The Morgan fingerprint density at radius 2 is 1.29 bits per heavy atom. The summed E-state index contributed by atoms with van der Waals surface area (Å²) < 4.78 is 0. The van der Waals surface area contributed by atoms with Crippen LogP contribution in [0.25, 0.3) is 21.8 Å². The second-order valence-corrected chi connectivity index (χ2v) is 9.70. The van der Waals surface area contributed by atoms with Gasteiger partial charge in [-0.2, -0.15) is 0 Å². The molecule has 0 unspecified atom stereocenters. The minimum atomic E-state index is -0.00772. The fraction of sp³-hybridized carbons (Fsp3) is 0.0968. The third kappa shape index (κ3) is 5.39. The molecular formula is C31H26N2OS. The highest BCUT2D eigenvalue weighted by molar-refractivity contribution is 7.15. The van der Waals surface area contributed by atoms with E-state index in [1.807, 2.05) is 78.9 Å². The second-order valence-electron chi connectivity index (χ2n) is 8.49. The van der Waals surface area contributed by atoms with Crippen LogP contribution in [0.5, 0.6) is 0 Å². The fourth-order valence-electron chi connectivity index (χ4n) is 4.28. The van der Waals surface area contributed by atoms with Crippen molar-refractivity contribution in [3.8, 4) is 21.8 Å². The number of carbonyl (C=O) groups is 1. The monoisotopic (exact) mass is 474 g/mol. The fourth-order valence-corrected chi connectivity index (χ4v) is 5.22. The maximum Gasteiger partial charge on any atom is 0.225 e. The van der Waals surface area contributed by atoms with Crippen molar-refractivity contribution >= 4 is 22.9 Å². The van der Waals surface area contributed by atoms with Gasteiger partial charge in [-0.05, 0) is 30.2 Å². The van der Waals surface area contributed by atoms with Crippen LogP contribution < -0.4 is 5.32 Å². The Labute approximate surface area is 210 Å². The van der Waals surface area contributed by atoms with Gasteiger partial charge >= 0.3 is 0 Å². The Bertz CT molecular complexity index is 1360. The summed E-state index contributed by atoms with van der Waals surface area (Å²) >= 11 is 1.70. The molecule has 0 aliphatic carbocycles. The van der Waals surface area contributed by atoms with E-state index in [0.717, 1.165) is 38.6 Å². The standard InChI is InChI=1S/C31H26N2OS/c1-22-30(33-31(35-22)26-15-9-4-10-16-26)25-17-19-27(20-18-25)32-29(34)21-28(23-11-5-2-6-12-23)24-13-7-3-8-14-24/h2-20,28H,21H2,1H3,(H,32,34). The van der Waals surface area contributed by atoms with Crippen molar-refractivity contribution in [3.63, 3.8) is 0 Å². The minimum Gasteiger partial charge on any atom is -0.326 e. The van der Waals surface area contributed by atoms with Crippen LogP contribution >= 0.6 is 11.3 Å². The number of anilines is 1. The zero-order valence-electron chi connectivity index (χ0n) is 19.5. The van der Waals surface area contributed by atoms with E-state index in [9.17, 15) is 4.79 Å². The van der Waals surface area contributed by atoms with Crippen molar-refractivity contribution in [2.75, 3.05) is 5.32 Å². The molecule has 1 heterocycles. The highest BCUT2D eigenvalue weighted by Gasteiger charge is 2.18. The van der Waals surface area contributed by atoms with E-state index in [-0.39, 0.29) is 11.8 Å². The maximum absolute atomic E-state index is 13.0. The molecule has 0 aliphatic rings. The van der Waals surface area contributed by atoms with Crippen LogP contribution in [0.1, 0.15) is 28.3 Å². The largest absolute Gasteiger partial charge is 0.326 e. The molecule has 0 saturated heterocycles. The van der Waals surface area contributed by atoms with E-state index < -0.39 is 0 Å². The van der Waals surface area contributed by atoms with E-state index in [2.05, 4.69) is 48.6 Å². The second kappa shape index (κ2) is 10.5. The molecule has 3 nitrogen and oxygen atoms in total. The van der Waals surface area contributed by atoms with Crippen LogP contribution in [-0.4, -0.2) is 10.9 Å². The number of rotatable bonds is 7. The van der Waals surface area contributed by atoms with Crippen molar-refractivity contribution in [2.45, 2.75) is 19.3 Å². The van der Waals surface area contributed by atoms with Crippen LogP contribution in [0.15, 0.2) is 115 Å². The smallest absolute Gasteiger partial charge is 0.225 e. The molecule has 0 radical (unpaired) electrons. The van der Waals surface area contributed by atoms with Gasteiger partial charge in [-0.3, -0.25) is 4.79 Å². The SMILES string of the molecule is Cc1sc(-c2ccccc2)nc1-c1ccc(NC(=O)CC(c2ccccc2)c2ccccc2)cc1. The molecule has 5 aromatic rings. The Morgan fingerprint density at radius 1 is 0.743 bits per heavy atom. The van der Waals surface area contributed by atoms with E-state index in [1.54, 1.807) is 11.3 Å². The number of amides is 1. The van der Waals surface area contributed by atoms with Crippen molar-refractivity contribution in [3.05, 3.63) is 131 Å². The first-order valence-corrected chi connectivity index (χ1v) is 12.5. The molecule has 0 aliphatic heterocycles.